The first-order chi connectivity index (χ1) is 11.1. The highest BCUT2D eigenvalue weighted by atomic mass is 16.5. The molecule has 1 heterocycles. The number of allylic oxidation sites excluding steroid dienone is 1. The molecule has 0 unspecified atom stereocenters. The van der Waals surface area contributed by atoms with Gasteiger partial charge in [-0.15, -0.1) is 0 Å². The number of benzene rings is 1. The summed E-state index contributed by atoms with van der Waals surface area (Å²) in [5, 5.41) is 0. The summed E-state index contributed by atoms with van der Waals surface area (Å²) in [5.74, 6) is 1.60. The third-order valence-corrected chi connectivity index (χ3v) is 3.92. The number of hydrogen-bond donors (Lipinski definition) is 0. The van der Waals surface area contributed by atoms with Gasteiger partial charge in [-0.05, 0) is 44.9 Å². The third kappa shape index (κ3) is 5.56. The van der Waals surface area contributed by atoms with Crippen LogP contribution < -0.4 is 9.47 Å². The van der Waals surface area contributed by atoms with Gasteiger partial charge in [-0.3, -0.25) is 4.90 Å². The Morgan fingerprint density at radius 2 is 1.96 bits per heavy atom. The average molecular weight is 319 g/mol. The van der Waals surface area contributed by atoms with Gasteiger partial charge in [-0.1, -0.05) is 18.2 Å². The van der Waals surface area contributed by atoms with E-state index in [1.165, 1.54) is 0 Å². The smallest absolute Gasteiger partial charge is 0.161 e. The number of hydrogen-bond acceptors (Lipinski definition) is 4. The van der Waals surface area contributed by atoms with Gasteiger partial charge in [0, 0.05) is 19.6 Å². The molecule has 4 heteroatoms. The molecule has 0 spiro atoms. The largest absolute Gasteiger partial charge is 0.493 e. The maximum atomic E-state index is 5.90. The molecule has 4 nitrogen and oxygen atoms in total. The molecule has 1 aliphatic rings. The average Bonchev–Trinajstić information content (AvgIpc) is 2.52. The van der Waals surface area contributed by atoms with Crippen molar-refractivity contribution in [2.24, 2.45) is 0 Å². The fourth-order valence-corrected chi connectivity index (χ4v) is 3.04. The van der Waals surface area contributed by atoms with E-state index in [-0.39, 0.29) is 0 Å². The van der Waals surface area contributed by atoms with E-state index in [9.17, 15) is 0 Å². The van der Waals surface area contributed by atoms with Gasteiger partial charge in [0.15, 0.2) is 11.5 Å². The van der Waals surface area contributed by atoms with E-state index in [1.54, 1.807) is 7.11 Å². The number of ether oxygens (including phenoxy) is 3. The molecule has 0 radical (unpaired) electrons. The van der Waals surface area contributed by atoms with Gasteiger partial charge in [0.25, 0.3) is 0 Å². The van der Waals surface area contributed by atoms with Crippen molar-refractivity contribution >= 4 is 6.08 Å². The Morgan fingerprint density at radius 3 is 2.61 bits per heavy atom. The molecule has 23 heavy (non-hydrogen) atoms. The van der Waals surface area contributed by atoms with Gasteiger partial charge in [-0.25, -0.2) is 0 Å². The zero-order valence-corrected chi connectivity index (χ0v) is 14.7. The van der Waals surface area contributed by atoms with Crippen LogP contribution in [0.2, 0.25) is 0 Å². The summed E-state index contributed by atoms with van der Waals surface area (Å²) < 4.78 is 17.1. The normalized spacial score (nSPS) is 22.4. The molecule has 1 aromatic rings. The lowest BCUT2D eigenvalue weighted by Gasteiger charge is -2.35. The second-order valence-electron chi connectivity index (χ2n) is 6.13. The predicted octanol–water partition coefficient (Wildman–Crippen LogP) is 3.61. The van der Waals surface area contributed by atoms with E-state index >= 15 is 0 Å². The van der Waals surface area contributed by atoms with Gasteiger partial charge in [0.2, 0.25) is 0 Å². The molecule has 1 fully saturated rings. The molecule has 0 N–H and O–H groups in total. The fraction of sp³-hybridized carbons (Fsp3) is 0.579. The van der Waals surface area contributed by atoms with Crippen molar-refractivity contribution in [3.05, 3.63) is 29.8 Å². The first kappa shape index (κ1) is 17.8. The van der Waals surface area contributed by atoms with Crippen molar-refractivity contribution in [3.63, 3.8) is 0 Å². The van der Waals surface area contributed by atoms with Crippen LogP contribution in [0, 0.1) is 0 Å². The highest BCUT2D eigenvalue weighted by Gasteiger charge is 2.21. The van der Waals surface area contributed by atoms with Crippen molar-refractivity contribution in [3.8, 4) is 11.5 Å². The quantitative estimate of drug-likeness (QED) is 0.719. The number of rotatable bonds is 7. The molecule has 0 bridgehead atoms. The number of morpholine rings is 1. The minimum Gasteiger partial charge on any atom is -0.493 e. The summed E-state index contributed by atoms with van der Waals surface area (Å²) in [6, 6.07) is 6.02. The molecule has 2 rings (SSSR count). The number of nitrogens with zero attached hydrogens (tertiary/aromatic N) is 1. The van der Waals surface area contributed by atoms with Crippen LogP contribution in [0.15, 0.2) is 24.3 Å². The SMILES string of the molecule is C/C=C/c1ccc(OCCCN2C[C@@H](C)O[C@H](C)C2)c(OC)c1. The molecule has 1 aliphatic heterocycles. The monoisotopic (exact) mass is 319 g/mol. The molecule has 1 saturated heterocycles. The van der Waals surface area contributed by atoms with Crippen LogP contribution in [-0.4, -0.2) is 50.5 Å². The summed E-state index contributed by atoms with van der Waals surface area (Å²) in [4.78, 5) is 2.45. The zero-order chi connectivity index (χ0) is 16.7. The van der Waals surface area contributed by atoms with Gasteiger partial charge in [0.05, 0.1) is 25.9 Å². The fourth-order valence-electron chi connectivity index (χ4n) is 3.04. The lowest BCUT2D eigenvalue weighted by atomic mass is 10.2. The van der Waals surface area contributed by atoms with Gasteiger partial charge in [0.1, 0.15) is 0 Å². The minimum atomic E-state index is 0.318. The van der Waals surface area contributed by atoms with E-state index in [0.29, 0.717) is 18.8 Å². The Hall–Kier alpha value is -1.52. The molecule has 0 aliphatic carbocycles. The Kier molecular flexibility index (Phi) is 6.93. The van der Waals surface area contributed by atoms with Crippen LogP contribution in [0.1, 0.15) is 32.8 Å². The van der Waals surface area contributed by atoms with Gasteiger partial charge < -0.3 is 14.2 Å². The standard InChI is InChI=1S/C19H29NO3/c1-5-7-17-8-9-18(19(12-17)21-4)22-11-6-10-20-13-15(2)23-16(3)14-20/h5,7-9,12,15-16H,6,10-11,13-14H2,1-4H3/b7-5+/t15-,16-/m1/s1. The van der Waals surface area contributed by atoms with E-state index in [0.717, 1.165) is 43.1 Å². The maximum absolute atomic E-state index is 5.90. The molecule has 0 aromatic heterocycles. The molecule has 0 saturated carbocycles. The van der Waals surface area contributed by atoms with Crippen LogP contribution >= 0.6 is 0 Å². The highest BCUT2D eigenvalue weighted by molar-refractivity contribution is 5.55. The maximum Gasteiger partial charge on any atom is 0.161 e. The first-order valence-corrected chi connectivity index (χ1v) is 8.43. The summed E-state index contributed by atoms with van der Waals surface area (Å²) in [6.45, 7) is 10.0. The molecular formula is C19H29NO3. The molecule has 1 aromatic carbocycles. The van der Waals surface area contributed by atoms with Gasteiger partial charge >= 0.3 is 0 Å². The number of methoxy groups -OCH3 is 1. The second kappa shape index (κ2) is 8.94. The van der Waals surface area contributed by atoms with Crippen LogP contribution in [0.25, 0.3) is 6.08 Å². The summed E-state index contributed by atoms with van der Waals surface area (Å²) >= 11 is 0. The topological polar surface area (TPSA) is 30.9 Å². The zero-order valence-electron chi connectivity index (χ0n) is 14.7. The Morgan fingerprint density at radius 1 is 1.22 bits per heavy atom. The lowest BCUT2D eigenvalue weighted by molar-refractivity contribution is -0.0686. The van der Waals surface area contributed by atoms with Crippen LogP contribution in [0.4, 0.5) is 0 Å². The molecule has 0 amide bonds. The predicted molar refractivity (Wildman–Crippen MR) is 94.3 cm³/mol. The van der Waals surface area contributed by atoms with Crippen LogP contribution in [0.5, 0.6) is 11.5 Å². The van der Waals surface area contributed by atoms with Crippen molar-refractivity contribution in [1.29, 1.82) is 0 Å². The summed E-state index contributed by atoms with van der Waals surface area (Å²) in [6.07, 6.45) is 5.70. The Bertz CT molecular complexity index is 505. The van der Waals surface area contributed by atoms with Gasteiger partial charge in [-0.2, -0.15) is 0 Å². The van der Waals surface area contributed by atoms with E-state index < -0.39 is 0 Å². The lowest BCUT2D eigenvalue weighted by Crippen LogP contribution is -2.45. The Balaban J connectivity index is 1.79. The second-order valence-corrected chi connectivity index (χ2v) is 6.13. The van der Waals surface area contributed by atoms with Crippen LogP contribution in [-0.2, 0) is 4.74 Å². The molecular weight excluding hydrogens is 290 g/mol. The van der Waals surface area contributed by atoms with E-state index in [2.05, 4.69) is 18.7 Å². The summed E-state index contributed by atoms with van der Waals surface area (Å²) in [5.41, 5.74) is 1.12. The molecule has 2 atom stereocenters. The first-order valence-electron chi connectivity index (χ1n) is 8.43. The Labute approximate surface area is 140 Å². The van der Waals surface area contributed by atoms with E-state index in [1.807, 2.05) is 37.3 Å². The molecule has 128 valence electrons. The van der Waals surface area contributed by atoms with Crippen molar-refractivity contribution < 1.29 is 14.2 Å². The van der Waals surface area contributed by atoms with E-state index in [4.69, 9.17) is 14.2 Å². The highest BCUT2D eigenvalue weighted by Crippen LogP contribution is 2.28. The van der Waals surface area contributed by atoms with Crippen molar-refractivity contribution in [1.82, 2.24) is 4.90 Å². The van der Waals surface area contributed by atoms with Crippen molar-refractivity contribution in [2.75, 3.05) is 33.4 Å². The van der Waals surface area contributed by atoms with Crippen molar-refractivity contribution in [2.45, 2.75) is 39.4 Å². The van der Waals surface area contributed by atoms with Crippen LogP contribution in [0.3, 0.4) is 0 Å². The third-order valence-electron chi connectivity index (χ3n) is 3.92. The summed E-state index contributed by atoms with van der Waals surface area (Å²) in [7, 11) is 1.68. The minimum absolute atomic E-state index is 0.318.